The number of sulfone groups is 2. The second-order valence-corrected chi connectivity index (χ2v) is 10.6. The lowest BCUT2D eigenvalue weighted by Gasteiger charge is -2.16. The highest BCUT2D eigenvalue weighted by atomic mass is 127. The van der Waals surface area contributed by atoms with Gasteiger partial charge in [-0.25, -0.2) is 16.8 Å². The van der Waals surface area contributed by atoms with E-state index < -0.39 is 19.7 Å². The molecule has 1 aliphatic rings. The first-order valence-electron chi connectivity index (χ1n) is 8.22. The van der Waals surface area contributed by atoms with Gasteiger partial charge in [0.2, 0.25) is 0 Å². The number of hydrogen-bond donors (Lipinski definition) is 2. The van der Waals surface area contributed by atoms with Gasteiger partial charge in [0, 0.05) is 19.6 Å². The van der Waals surface area contributed by atoms with E-state index >= 15 is 0 Å². The van der Waals surface area contributed by atoms with E-state index in [0.29, 0.717) is 25.3 Å². The number of halogens is 1. The lowest BCUT2D eigenvalue weighted by molar-refractivity contribution is 0.590. The van der Waals surface area contributed by atoms with Crippen LogP contribution in [0.3, 0.4) is 0 Å². The molecule has 2 rings (SSSR count). The van der Waals surface area contributed by atoms with Crippen molar-refractivity contribution in [2.45, 2.75) is 24.6 Å². The Kier molecular flexibility index (Phi) is 9.31. The molecule has 1 aromatic carbocycles. The molecule has 1 aromatic rings. The van der Waals surface area contributed by atoms with Crippen LogP contribution in [0.25, 0.3) is 0 Å². The van der Waals surface area contributed by atoms with E-state index in [1.54, 1.807) is 19.2 Å². The third-order valence-electron chi connectivity index (χ3n) is 3.95. The molecule has 0 bridgehead atoms. The number of rotatable bonds is 7. The highest BCUT2D eigenvalue weighted by Crippen LogP contribution is 2.11. The Labute approximate surface area is 172 Å². The van der Waals surface area contributed by atoms with Crippen LogP contribution in [0.5, 0.6) is 0 Å². The first-order chi connectivity index (χ1) is 11.8. The Morgan fingerprint density at radius 1 is 1.27 bits per heavy atom. The molecule has 0 aromatic heterocycles. The summed E-state index contributed by atoms with van der Waals surface area (Å²) in [6.45, 7) is 0.452. The normalized spacial score (nSPS) is 19.6. The van der Waals surface area contributed by atoms with Crippen molar-refractivity contribution in [2.75, 3.05) is 30.9 Å². The lowest BCUT2D eigenvalue weighted by atomic mass is 10.2. The van der Waals surface area contributed by atoms with Gasteiger partial charge in [0.05, 0.1) is 23.0 Å². The molecule has 7 nitrogen and oxygen atoms in total. The third kappa shape index (κ3) is 8.21. The molecule has 0 radical (unpaired) electrons. The zero-order valence-corrected chi connectivity index (χ0v) is 18.7. The fourth-order valence-electron chi connectivity index (χ4n) is 2.70. The van der Waals surface area contributed by atoms with Crippen LogP contribution in [0.15, 0.2) is 35.3 Å². The van der Waals surface area contributed by atoms with Crippen LogP contribution in [-0.2, 0) is 25.4 Å². The van der Waals surface area contributed by atoms with Gasteiger partial charge in [-0.05, 0) is 18.4 Å². The summed E-state index contributed by atoms with van der Waals surface area (Å²) in [7, 11) is -4.50. The van der Waals surface area contributed by atoms with Crippen molar-refractivity contribution in [3.05, 3.63) is 35.9 Å². The molecule has 0 aliphatic carbocycles. The van der Waals surface area contributed by atoms with Crippen molar-refractivity contribution in [2.24, 2.45) is 4.99 Å². The summed E-state index contributed by atoms with van der Waals surface area (Å²) >= 11 is 0. The van der Waals surface area contributed by atoms with E-state index in [1.165, 1.54) is 0 Å². The Morgan fingerprint density at radius 2 is 1.96 bits per heavy atom. The van der Waals surface area contributed by atoms with E-state index in [-0.39, 0.29) is 53.0 Å². The van der Waals surface area contributed by atoms with Crippen molar-refractivity contribution in [1.29, 1.82) is 0 Å². The highest BCUT2D eigenvalue weighted by Gasteiger charge is 2.28. The molecule has 1 aliphatic heterocycles. The third-order valence-corrected chi connectivity index (χ3v) is 7.40. The zero-order valence-electron chi connectivity index (χ0n) is 14.7. The Bertz CT molecular complexity index is 796. The molecule has 1 fully saturated rings. The van der Waals surface area contributed by atoms with Crippen LogP contribution < -0.4 is 10.6 Å². The van der Waals surface area contributed by atoms with E-state index in [2.05, 4.69) is 15.6 Å². The smallest absolute Gasteiger partial charge is 0.191 e. The molecule has 2 N–H and O–H groups in total. The van der Waals surface area contributed by atoms with Gasteiger partial charge in [-0.3, -0.25) is 4.99 Å². The summed E-state index contributed by atoms with van der Waals surface area (Å²) in [5.41, 5.74) is 0.787. The largest absolute Gasteiger partial charge is 0.356 e. The quantitative estimate of drug-likeness (QED) is 0.243. The van der Waals surface area contributed by atoms with Gasteiger partial charge in [-0.15, -0.1) is 24.0 Å². The van der Waals surface area contributed by atoms with E-state index in [1.807, 2.05) is 18.2 Å². The molecule has 148 valence electrons. The Morgan fingerprint density at radius 3 is 2.54 bits per heavy atom. The van der Waals surface area contributed by atoms with E-state index in [9.17, 15) is 16.8 Å². The van der Waals surface area contributed by atoms with Crippen molar-refractivity contribution in [3.63, 3.8) is 0 Å². The molecule has 26 heavy (non-hydrogen) atoms. The van der Waals surface area contributed by atoms with Gasteiger partial charge in [-0.1, -0.05) is 30.3 Å². The fraction of sp³-hybridized carbons (Fsp3) is 0.562. The molecule has 1 atom stereocenters. The van der Waals surface area contributed by atoms with E-state index in [0.717, 1.165) is 5.56 Å². The number of hydrogen-bond acceptors (Lipinski definition) is 5. The van der Waals surface area contributed by atoms with Gasteiger partial charge in [-0.2, -0.15) is 0 Å². The minimum Gasteiger partial charge on any atom is -0.356 e. The Hall–Kier alpha value is -0.880. The van der Waals surface area contributed by atoms with Crippen molar-refractivity contribution < 1.29 is 16.8 Å². The number of aliphatic imine (C=N–C) groups is 1. The highest BCUT2D eigenvalue weighted by molar-refractivity contribution is 14.0. The standard InChI is InChI=1S/C16H25N3O4S2.HI/c1-17-16(19-15-8-11-25(22,23)13-15)18-9-5-10-24(20,21)12-14-6-3-2-4-7-14;/h2-4,6-7,15H,5,8-13H2,1H3,(H2,17,18,19);1H. The zero-order chi connectivity index (χ0) is 18.3. The molecule has 10 heteroatoms. The van der Waals surface area contributed by atoms with Gasteiger partial charge < -0.3 is 10.6 Å². The maximum atomic E-state index is 12.1. The van der Waals surface area contributed by atoms with Crippen molar-refractivity contribution >= 4 is 49.6 Å². The molecular formula is C16H26IN3O4S2. The topological polar surface area (TPSA) is 105 Å². The van der Waals surface area contributed by atoms with Gasteiger partial charge in [0.25, 0.3) is 0 Å². The van der Waals surface area contributed by atoms with Crippen LogP contribution in [0.2, 0.25) is 0 Å². The number of benzene rings is 1. The predicted octanol–water partition coefficient (Wildman–Crippen LogP) is 0.962. The van der Waals surface area contributed by atoms with Crippen molar-refractivity contribution in [3.8, 4) is 0 Å². The Balaban J connectivity index is 0.00000338. The van der Waals surface area contributed by atoms with Crippen LogP contribution in [-0.4, -0.2) is 59.7 Å². The molecule has 0 saturated carbocycles. The van der Waals surface area contributed by atoms with Gasteiger partial charge >= 0.3 is 0 Å². The summed E-state index contributed by atoms with van der Waals surface area (Å²) in [6.07, 6.45) is 1.02. The molecule has 0 spiro atoms. The first-order valence-corrected chi connectivity index (χ1v) is 11.9. The average Bonchev–Trinajstić information content (AvgIpc) is 2.89. The van der Waals surface area contributed by atoms with Crippen LogP contribution in [0, 0.1) is 0 Å². The summed E-state index contributed by atoms with van der Waals surface area (Å²) in [4.78, 5) is 4.05. The minimum absolute atomic E-state index is 0. The fourth-order valence-corrected chi connectivity index (χ4v) is 5.80. The SMILES string of the molecule is CN=C(NCCCS(=O)(=O)Cc1ccccc1)NC1CCS(=O)(=O)C1.I. The van der Waals surface area contributed by atoms with Crippen molar-refractivity contribution in [1.82, 2.24) is 10.6 Å². The van der Waals surface area contributed by atoms with Crippen LogP contribution in [0.1, 0.15) is 18.4 Å². The number of nitrogens with zero attached hydrogens (tertiary/aromatic N) is 1. The molecule has 1 unspecified atom stereocenters. The molecular weight excluding hydrogens is 489 g/mol. The predicted molar refractivity (Wildman–Crippen MR) is 116 cm³/mol. The summed E-state index contributed by atoms with van der Waals surface area (Å²) < 4.78 is 47.2. The molecule has 1 saturated heterocycles. The monoisotopic (exact) mass is 515 g/mol. The van der Waals surface area contributed by atoms with E-state index in [4.69, 9.17) is 0 Å². The van der Waals surface area contributed by atoms with Crippen LogP contribution in [0.4, 0.5) is 0 Å². The molecule has 1 heterocycles. The second kappa shape index (κ2) is 10.5. The van der Waals surface area contributed by atoms with Gasteiger partial charge in [0.15, 0.2) is 25.6 Å². The second-order valence-electron chi connectivity index (χ2n) is 6.17. The molecule has 0 amide bonds. The van der Waals surface area contributed by atoms with Gasteiger partial charge in [0.1, 0.15) is 0 Å². The lowest BCUT2D eigenvalue weighted by Crippen LogP contribution is -2.44. The maximum absolute atomic E-state index is 12.1. The number of nitrogens with one attached hydrogen (secondary N) is 2. The van der Waals surface area contributed by atoms with Crippen LogP contribution >= 0.6 is 24.0 Å². The average molecular weight is 515 g/mol. The number of guanidine groups is 1. The summed E-state index contributed by atoms with van der Waals surface area (Å²) in [5.74, 6) is 0.936. The first kappa shape index (κ1) is 23.2. The summed E-state index contributed by atoms with van der Waals surface area (Å²) in [6, 6.07) is 8.97. The maximum Gasteiger partial charge on any atom is 0.191 e. The summed E-state index contributed by atoms with van der Waals surface area (Å²) in [5, 5.41) is 6.11. The minimum atomic E-state index is -3.16.